The average molecular weight is 262 g/mol. The van der Waals surface area contributed by atoms with E-state index >= 15 is 0 Å². The molecule has 19 heavy (non-hydrogen) atoms. The van der Waals surface area contributed by atoms with Gasteiger partial charge in [0.1, 0.15) is 5.75 Å². The zero-order valence-electron chi connectivity index (χ0n) is 11.1. The summed E-state index contributed by atoms with van der Waals surface area (Å²) in [6.45, 7) is 0.506. The Kier molecular flexibility index (Phi) is 4.80. The van der Waals surface area contributed by atoms with Gasteiger partial charge < -0.3 is 16.2 Å². The van der Waals surface area contributed by atoms with Crippen LogP contribution in [0.2, 0.25) is 0 Å². The first-order valence-corrected chi connectivity index (χ1v) is 6.96. The molecular weight excluding hydrogens is 240 g/mol. The molecule has 4 nitrogen and oxygen atoms in total. The van der Waals surface area contributed by atoms with Crippen molar-refractivity contribution >= 4 is 5.91 Å². The van der Waals surface area contributed by atoms with E-state index in [1.807, 2.05) is 0 Å². The molecule has 2 rings (SSSR count). The zero-order chi connectivity index (χ0) is 13.7. The third kappa shape index (κ3) is 3.96. The molecule has 0 aliphatic heterocycles. The van der Waals surface area contributed by atoms with Gasteiger partial charge >= 0.3 is 0 Å². The molecule has 104 valence electrons. The molecule has 0 saturated heterocycles. The Morgan fingerprint density at radius 3 is 2.53 bits per heavy atom. The predicted octanol–water partition coefficient (Wildman–Crippen LogP) is 1.57. The van der Waals surface area contributed by atoms with E-state index in [-0.39, 0.29) is 17.7 Å². The standard InChI is InChI=1S/C15H22N2O2/c16-10-14(12-3-1-2-4-12)17-15(19)9-11-5-7-13(18)8-6-11/h5-8,12,14,18H,1-4,9-10,16H2,(H,17,19). The number of hydrogen-bond acceptors (Lipinski definition) is 3. The maximum Gasteiger partial charge on any atom is 0.224 e. The van der Waals surface area contributed by atoms with Crippen LogP contribution in [-0.4, -0.2) is 23.6 Å². The summed E-state index contributed by atoms with van der Waals surface area (Å²) in [5.74, 6) is 0.761. The van der Waals surface area contributed by atoms with E-state index < -0.39 is 0 Å². The molecule has 1 atom stereocenters. The Hall–Kier alpha value is -1.55. The van der Waals surface area contributed by atoms with Gasteiger partial charge in [-0.05, 0) is 36.5 Å². The van der Waals surface area contributed by atoms with Gasteiger partial charge in [0.25, 0.3) is 0 Å². The van der Waals surface area contributed by atoms with Crippen LogP contribution in [0.1, 0.15) is 31.2 Å². The molecule has 0 heterocycles. The van der Waals surface area contributed by atoms with Crippen molar-refractivity contribution in [3.63, 3.8) is 0 Å². The van der Waals surface area contributed by atoms with Crippen molar-refractivity contribution in [1.29, 1.82) is 0 Å². The van der Waals surface area contributed by atoms with E-state index in [0.29, 0.717) is 18.9 Å². The third-order valence-corrected chi connectivity index (χ3v) is 3.87. The molecule has 1 aliphatic rings. The van der Waals surface area contributed by atoms with Crippen molar-refractivity contribution in [1.82, 2.24) is 5.32 Å². The number of aromatic hydroxyl groups is 1. The number of nitrogens with one attached hydrogen (secondary N) is 1. The fourth-order valence-corrected chi connectivity index (χ4v) is 2.79. The number of carbonyl (C=O) groups is 1. The normalized spacial score (nSPS) is 17.3. The summed E-state index contributed by atoms with van der Waals surface area (Å²) in [6, 6.07) is 6.83. The minimum Gasteiger partial charge on any atom is -0.508 e. The number of benzene rings is 1. The van der Waals surface area contributed by atoms with Gasteiger partial charge in [0.15, 0.2) is 0 Å². The van der Waals surface area contributed by atoms with E-state index in [4.69, 9.17) is 5.73 Å². The average Bonchev–Trinajstić information content (AvgIpc) is 2.92. The Morgan fingerprint density at radius 1 is 1.32 bits per heavy atom. The molecule has 0 radical (unpaired) electrons. The van der Waals surface area contributed by atoms with E-state index in [1.165, 1.54) is 25.7 Å². The first kappa shape index (κ1) is 13.9. The van der Waals surface area contributed by atoms with Gasteiger partial charge in [-0.2, -0.15) is 0 Å². The van der Waals surface area contributed by atoms with Crippen molar-refractivity contribution in [2.75, 3.05) is 6.54 Å². The molecule has 1 aliphatic carbocycles. The summed E-state index contributed by atoms with van der Waals surface area (Å²) < 4.78 is 0. The highest BCUT2D eigenvalue weighted by Crippen LogP contribution is 2.27. The van der Waals surface area contributed by atoms with Crippen molar-refractivity contribution < 1.29 is 9.90 Å². The number of nitrogens with two attached hydrogens (primary N) is 1. The van der Waals surface area contributed by atoms with Crippen molar-refractivity contribution in [2.24, 2.45) is 11.7 Å². The summed E-state index contributed by atoms with van der Waals surface area (Å²) in [7, 11) is 0. The number of phenols is 1. The fraction of sp³-hybridized carbons (Fsp3) is 0.533. The minimum absolute atomic E-state index is 0.00744. The predicted molar refractivity (Wildman–Crippen MR) is 74.8 cm³/mol. The topological polar surface area (TPSA) is 75.3 Å². The quantitative estimate of drug-likeness (QED) is 0.754. The lowest BCUT2D eigenvalue weighted by molar-refractivity contribution is -0.121. The van der Waals surface area contributed by atoms with Crippen LogP contribution in [0.25, 0.3) is 0 Å². The van der Waals surface area contributed by atoms with Crippen molar-refractivity contribution in [3.8, 4) is 5.75 Å². The Morgan fingerprint density at radius 2 is 1.95 bits per heavy atom. The van der Waals surface area contributed by atoms with Gasteiger partial charge in [0, 0.05) is 12.6 Å². The van der Waals surface area contributed by atoms with Crippen molar-refractivity contribution in [2.45, 2.75) is 38.1 Å². The lowest BCUT2D eigenvalue weighted by Crippen LogP contribution is -2.45. The Bertz CT molecular complexity index is 411. The van der Waals surface area contributed by atoms with Crippen LogP contribution >= 0.6 is 0 Å². The lowest BCUT2D eigenvalue weighted by atomic mass is 9.98. The summed E-state index contributed by atoms with van der Waals surface area (Å²) in [5, 5.41) is 12.2. The van der Waals surface area contributed by atoms with E-state index in [0.717, 1.165) is 5.56 Å². The second-order valence-corrected chi connectivity index (χ2v) is 5.30. The number of phenolic OH excluding ortho intramolecular Hbond substituents is 1. The van der Waals surface area contributed by atoms with Crippen LogP contribution in [0.15, 0.2) is 24.3 Å². The smallest absolute Gasteiger partial charge is 0.224 e. The van der Waals surface area contributed by atoms with Crippen LogP contribution in [-0.2, 0) is 11.2 Å². The van der Waals surface area contributed by atoms with Crippen molar-refractivity contribution in [3.05, 3.63) is 29.8 Å². The van der Waals surface area contributed by atoms with Crippen LogP contribution < -0.4 is 11.1 Å². The van der Waals surface area contributed by atoms with Gasteiger partial charge in [-0.25, -0.2) is 0 Å². The molecule has 1 unspecified atom stereocenters. The van der Waals surface area contributed by atoms with E-state index in [2.05, 4.69) is 5.32 Å². The summed E-state index contributed by atoms with van der Waals surface area (Å²) in [6.07, 6.45) is 5.16. The van der Waals surface area contributed by atoms with Crippen LogP contribution in [0.5, 0.6) is 5.75 Å². The number of hydrogen-bond donors (Lipinski definition) is 3. The molecule has 4 heteroatoms. The lowest BCUT2D eigenvalue weighted by Gasteiger charge is -2.23. The molecule has 0 aromatic heterocycles. The van der Waals surface area contributed by atoms with Gasteiger partial charge in [-0.3, -0.25) is 4.79 Å². The first-order valence-electron chi connectivity index (χ1n) is 6.96. The monoisotopic (exact) mass is 262 g/mol. The molecule has 1 aromatic rings. The summed E-state index contributed by atoms with van der Waals surface area (Å²) in [5.41, 5.74) is 6.67. The second kappa shape index (κ2) is 6.57. The molecular formula is C15H22N2O2. The molecule has 1 amide bonds. The molecule has 4 N–H and O–H groups in total. The van der Waals surface area contributed by atoms with Crippen LogP contribution in [0.4, 0.5) is 0 Å². The fourth-order valence-electron chi connectivity index (χ4n) is 2.79. The minimum atomic E-state index is 0.00744. The second-order valence-electron chi connectivity index (χ2n) is 5.30. The highest BCUT2D eigenvalue weighted by atomic mass is 16.3. The first-order chi connectivity index (χ1) is 9.19. The zero-order valence-corrected chi connectivity index (χ0v) is 11.1. The SMILES string of the molecule is NCC(NC(=O)Cc1ccc(O)cc1)C1CCCC1. The number of amides is 1. The molecule has 1 aromatic carbocycles. The summed E-state index contributed by atoms with van der Waals surface area (Å²) in [4.78, 5) is 12.0. The summed E-state index contributed by atoms with van der Waals surface area (Å²) >= 11 is 0. The van der Waals surface area contributed by atoms with Gasteiger partial charge in [0.05, 0.1) is 6.42 Å². The van der Waals surface area contributed by atoms with Crippen LogP contribution in [0.3, 0.4) is 0 Å². The third-order valence-electron chi connectivity index (χ3n) is 3.87. The Balaban J connectivity index is 1.87. The number of rotatable bonds is 5. The molecule has 1 fully saturated rings. The molecule has 0 spiro atoms. The molecule has 0 bridgehead atoms. The van der Waals surface area contributed by atoms with Gasteiger partial charge in [-0.1, -0.05) is 25.0 Å². The van der Waals surface area contributed by atoms with Gasteiger partial charge in [-0.15, -0.1) is 0 Å². The highest BCUT2D eigenvalue weighted by molar-refractivity contribution is 5.78. The highest BCUT2D eigenvalue weighted by Gasteiger charge is 2.25. The molecule has 1 saturated carbocycles. The van der Waals surface area contributed by atoms with E-state index in [9.17, 15) is 9.90 Å². The largest absolute Gasteiger partial charge is 0.508 e. The van der Waals surface area contributed by atoms with E-state index in [1.54, 1.807) is 24.3 Å². The number of carbonyl (C=O) groups excluding carboxylic acids is 1. The maximum atomic E-state index is 12.0. The van der Waals surface area contributed by atoms with Crippen LogP contribution in [0, 0.1) is 5.92 Å². The maximum absolute atomic E-state index is 12.0. The van der Waals surface area contributed by atoms with Gasteiger partial charge in [0.2, 0.25) is 5.91 Å². The Labute approximate surface area is 114 Å².